The smallest absolute Gasteiger partial charge is 0.305 e. The van der Waals surface area contributed by atoms with Crippen LogP contribution in [0.15, 0.2) is 0 Å². The summed E-state index contributed by atoms with van der Waals surface area (Å²) in [6.45, 7) is 6.80. The van der Waals surface area contributed by atoms with Crippen molar-refractivity contribution in [2.24, 2.45) is 5.41 Å². The van der Waals surface area contributed by atoms with Crippen molar-refractivity contribution in [2.45, 2.75) is 58.9 Å². The van der Waals surface area contributed by atoms with Gasteiger partial charge >= 0.3 is 5.97 Å². The monoisotopic (exact) mass is 241 g/mol. The predicted molar refractivity (Wildman–Crippen MR) is 65.7 cm³/mol. The minimum atomic E-state index is -0.814. The van der Waals surface area contributed by atoms with Gasteiger partial charge in [0.15, 0.2) is 0 Å². The number of aliphatic carboxylic acids is 1. The van der Waals surface area contributed by atoms with E-state index in [0.29, 0.717) is 13.0 Å². The van der Waals surface area contributed by atoms with Crippen molar-refractivity contribution in [1.29, 1.82) is 0 Å². The molecule has 1 N–H and O–H groups in total. The summed E-state index contributed by atoms with van der Waals surface area (Å²) in [6.07, 6.45) is 3.41. The van der Waals surface area contributed by atoms with E-state index in [1.165, 1.54) is 0 Å². The lowest BCUT2D eigenvalue weighted by Crippen LogP contribution is -2.45. The third-order valence-corrected chi connectivity index (χ3v) is 3.04. The van der Waals surface area contributed by atoms with Gasteiger partial charge in [0.05, 0.1) is 6.42 Å². The van der Waals surface area contributed by atoms with Gasteiger partial charge in [-0.2, -0.15) is 0 Å². The van der Waals surface area contributed by atoms with Crippen LogP contribution in [0.5, 0.6) is 0 Å². The maximum atomic E-state index is 12.1. The summed E-state index contributed by atoms with van der Waals surface area (Å²) in [4.78, 5) is 24.7. The van der Waals surface area contributed by atoms with Crippen LogP contribution in [-0.4, -0.2) is 34.5 Å². The van der Waals surface area contributed by atoms with Crippen LogP contribution in [0.2, 0.25) is 0 Å². The van der Waals surface area contributed by atoms with Crippen LogP contribution < -0.4 is 0 Å². The molecule has 0 spiro atoms. The van der Waals surface area contributed by atoms with Crippen LogP contribution in [0.25, 0.3) is 0 Å². The van der Waals surface area contributed by atoms with Gasteiger partial charge in [-0.15, -0.1) is 0 Å². The number of hydrogen-bond acceptors (Lipinski definition) is 2. The Bertz CT molecular complexity index is 294. The number of carboxylic acids is 1. The fraction of sp³-hybridized carbons (Fsp3) is 0.846. The van der Waals surface area contributed by atoms with Gasteiger partial charge < -0.3 is 10.0 Å². The van der Waals surface area contributed by atoms with Gasteiger partial charge in [0.25, 0.3) is 0 Å². The van der Waals surface area contributed by atoms with Gasteiger partial charge in [0, 0.05) is 19.0 Å². The number of rotatable bonds is 3. The molecule has 1 amide bonds. The lowest BCUT2D eigenvalue weighted by molar-refractivity contribution is -0.142. The molecule has 1 atom stereocenters. The minimum absolute atomic E-state index is 0.0394. The van der Waals surface area contributed by atoms with Crippen molar-refractivity contribution in [3.63, 3.8) is 0 Å². The molecule has 0 aliphatic carbocycles. The normalized spacial score (nSPS) is 21.4. The average Bonchev–Trinajstić information content (AvgIpc) is 2.14. The van der Waals surface area contributed by atoms with E-state index < -0.39 is 5.97 Å². The Morgan fingerprint density at radius 3 is 2.47 bits per heavy atom. The fourth-order valence-electron chi connectivity index (χ4n) is 2.30. The van der Waals surface area contributed by atoms with Gasteiger partial charge in [-0.1, -0.05) is 20.8 Å². The minimum Gasteiger partial charge on any atom is -0.481 e. The molecule has 98 valence electrons. The molecule has 4 nitrogen and oxygen atoms in total. The Kier molecular flexibility index (Phi) is 4.54. The van der Waals surface area contributed by atoms with Gasteiger partial charge in [0.1, 0.15) is 0 Å². The summed E-state index contributed by atoms with van der Waals surface area (Å²) in [5.41, 5.74) is -0.0394. The molecule has 17 heavy (non-hydrogen) atoms. The third kappa shape index (κ3) is 4.75. The quantitative estimate of drug-likeness (QED) is 0.824. The zero-order chi connectivity index (χ0) is 13.1. The number of nitrogens with zero attached hydrogens (tertiary/aromatic N) is 1. The molecule has 1 saturated heterocycles. The molecule has 1 unspecified atom stereocenters. The summed E-state index contributed by atoms with van der Waals surface area (Å²) in [5.74, 6) is -0.714. The molecular weight excluding hydrogens is 218 g/mol. The number of carbonyl (C=O) groups is 2. The van der Waals surface area contributed by atoms with Crippen molar-refractivity contribution in [3.8, 4) is 0 Å². The fourth-order valence-corrected chi connectivity index (χ4v) is 2.30. The second kappa shape index (κ2) is 5.52. The zero-order valence-corrected chi connectivity index (χ0v) is 11.0. The standard InChI is InChI=1S/C13H23NO3/c1-13(2,3)9-11(15)14-7-5-4-6-10(14)8-12(16)17/h10H,4-9H2,1-3H3,(H,16,17). The first kappa shape index (κ1) is 14.0. The van der Waals surface area contributed by atoms with Crippen LogP contribution in [-0.2, 0) is 9.59 Å². The number of hydrogen-bond donors (Lipinski definition) is 1. The summed E-state index contributed by atoms with van der Waals surface area (Å²) < 4.78 is 0. The number of amides is 1. The highest BCUT2D eigenvalue weighted by molar-refractivity contribution is 5.78. The maximum absolute atomic E-state index is 12.1. The highest BCUT2D eigenvalue weighted by atomic mass is 16.4. The van der Waals surface area contributed by atoms with Crippen molar-refractivity contribution >= 4 is 11.9 Å². The Balaban J connectivity index is 2.64. The Morgan fingerprint density at radius 1 is 1.29 bits per heavy atom. The zero-order valence-electron chi connectivity index (χ0n) is 11.0. The third-order valence-electron chi connectivity index (χ3n) is 3.04. The molecule has 1 rings (SSSR count). The van der Waals surface area contributed by atoms with Crippen LogP contribution in [0.4, 0.5) is 0 Å². The predicted octanol–water partition coefficient (Wildman–Crippen LogP) is 2.28. The molecule has 1 aliphatic rings. The number of carbonyl (C=O) groups excluding carboxylic acids is 1. The van der Waals surface area contributed by atoms with Crippen LogP contribution in [0.3, 0.4) is 0 Å². The molecule has 0 radical (unpaired) electrons. The van der Waals surface area contributed by atoms with Gasteiger partial charge in [-0.25, -0.2) is 0 Å². The number of carboxylic acid groups (broad SMARTS) is 1. The summed E-state index contributed by atoms with van der Waals surface area (Å²) in [7, 11) is 0. The Morgan fingerprint density at radius 2 is 1.94 bits per heavy atom. The topological polar surface area (TPSA) is 57.6 Å². The highest BCUT2D eigenvalue weighted by Crippen LogP contribution is 2.25. The van der Waals surface area contributed by atoms with Crippen molar-refractivity contribution in [3.05, 3.63) is 0 Å². The second-order valence-electron chi connectivity index (χ2n) is 6.07. The van der Waals surface area contributed by atoms with Crippen LogP contribution >= 0.6 is 0 Å². The molecule has 1 heterocycles. The Hall–Kier alpha value is -1.06. The summed E-state index contributed by atoms with van der Waals surface area (Å²) >= 11 is 0. The molecule has 1 aliphatic heterocycles. The van der Waals surface area contributed by atoms with E-state index in [0.717, 1.165) is 19.3 Å². The SMILES string of the molecule is CC(C)(C)CC(=O)N1CCCCC1CC(=O)O. The second-order valence-corrected chi connectivity index (χ2v) is 6.07. The van der Waals surface area contributed by atoms with Gasteiger partial charge in [-0.3, -0.25) is 9.59 Å². The van der Waals surface area contributed by atoms with E-state index in [2.05, 4.69) is 0 Å². The molecule has 0 aromatic rings. The van der Waals surface area contributed by atoms with Crippen molar-refractivity contribution in [1.82, 2.24) is 4.90 Å². The first-order valence-corrected chi connectivity index (χ1v) is 6.31. The Labute approximate surface area is 103 Å². The molecule has 0 aromatic carbocycles. The molecule has 0 saturated carbocycles. The molecule has 0 bridgehead atoms. The van der Waals surface area contributed by atoms with Crippen LogP contribution in [0, 0.1) is 5.41 Å². The van der Waals surface area contributed by atoms with E-state index in [4.69, 9.17) is 5.11 Å². The first-order valence-electron chi connectivity index (χ1n) is 6.31. The van der Waals surface area contributed by atoms with E-state index in [1.54, 1.807) is 4.90 Å². The van der Waals surface area contributed by atoms with Crippen LogP contribution in [0.1, 0.15) is 52.9 Å². The maximum Gasteiger partial charge on any atom is 0.305 e. The number of piperidine rings is 1. The molecule has 4 heteroatoms. The van der Waals surface area contributed by atoms with Crippen molar-refractivity contribution in [2.75, 3.05) is 6.54 Å². The van der Waals surface area contributed by atoms with E-state index in [9.17, 15) is 9.59 Å². The van der Waals surface area contributed by atoms with Crippen molar-refractivity contribution < 1.29 is 14.7 Å². The molecule has 0 aromatic heterocycles. The van der Waals surface area contributed by atoms with E-state index >= 15 is 0 Å². The first-order chi connectivity index (χ1) is 7.79. The summed E-state index contributed by atoms with van der Waals surface area (Å²) in [6, 6.07) is -0.101. The molecular formula is C13H23NO3. The summed E-state index contributed by atoms with van der Waals surface area (Å²) in [5, 5.41) is 8.86. The molecule has 1 fully saturated rings. The lowest BCUT2D eigenvalue weighted by atomic mass is 9.90. The largest absolute Gasteiger partial charge is 0.481 e. The lowest BCUT2D eigenvalue weighted by Gasteiger charge is -2.36. The van der Waals surface area contributed by atoms with Gasteiger partial charge in [0.2, 0.25) is 5.91 Å². The van der Waals surface area contributed by atoms with Gasteiger partial charge in [-0.05, 0) is 24.7 Å². The highest BCUT2D eigenvalue weighted by Gasteiger charge is 2.30. The van der Waals surface area contributed by atoms with E-state index in [-0.39, 0.29) is 23.8 Å². The number of likely N-dealkylation sites (tertiary alicyclic amines) is 1. The average molecular weight is 241 g/mol. The van der Waals surface area contributed by atoms with E-state index in [1.807, 2.05) is 20.8 Å².